The van der Waals surface area contributed by atoms with Crippen LogP contribution in [0.1, 0.15) is 25.8 Å². The highest BCUT2D eigenvalue weighted by atomic mass is 35.5. The molecule has 0 fully saturated rings. The largest absolute Gasteiger partial charge is 0.379 e. The molecule has 0 aromatic heterocycles. The molecule has 2 amide bonds. The highest BCUT2D eigenvalue weighted by Crippen LogP contribution is 2.09. The SMILES string of the molecule is CC(C)OCCCNC(=O)C(=O)NCCc1ccc(Cl)cc1. The molecular weight excluding hydrogens is 304 g/mol. The zero-order valence-electron chi connectivity index (χ0n) is 13.0. The van der Waals surface area contributed by atoms with Crippen molar-refractivity contribution in [3.63, 3.8) is 0 Å². The smallest absolute Gasteiger partial charge is 0.309 e. The van der Waals surface area contributed by atoms with E-state index in [9.17, 15) is 9.59 Å². The average molecular weight is 327 g/mol. The van der Waals surface area contributed by atoms with E-state index in [2.05, 4.69) is 10.6 Å². The minimum absolute atomic E-state index is 0.173. The molecule has 0 saturated heterocycles. The Labute approximate surface area is 136 Å². The number of nitrogens with one attached hydrogen (secondary N) is 2. The summed E-state index contributed by atoms with van der Waals surface area (Å²) in [6.07, 6.45) is 1.51. The van der Waals surface area contributed by atoms with E-state index in [1.54, 1.807) is 12.1 Å². The van der Waals surface area contributed by atoms with Crippen molar-refractivity contribution in [1.29, 1.82) is 0 Å². The van der Waals surface area contributed by atoms with E-state index < -0.39 is 11.8 Å². The maximum atomic E-state index is 11.6. The molecule has 0 heterocycles. The Kier molecular flexibility index (Phi) is 8.55. The molecule has 0 bridgehead atoms. The Balaban J connectivity index is 2.13. The average Bonchev–Trinajstić information content (AvgIpc) is 2.48. The molecular formula is C16H23ClN2O3. The van der Waals surface area contributed by atoms with Crippen LogP contribution in [-0.2, 0) is 20.7 Å². The minimum Gasteiger partial charge on any atom is -0.379 e. The lowest BCUT2D eigenvalue weighted by Crippen LogP contribution is -2.41. The van der Waals surface area contributed by atoms with E-state index in [4.69, 9.17) is 16.3 Å². The van der Waals surface area contributed by atoms with Crippen LogP contribution in [0.5, 0.6) is 0 Å². The highest BCUT2D eigenvalue weighted by molar-refractivity contribution is 6.35. The number of carbonyl (C=O) groups is 2. The monoisotopic (exact) mass is 326 g/mol. The first kappa shape index (κ1) is 18.5. The maximum absolute atomic E-state index is 11.6. The molecule has 0 radical (unpaired) electrons. The molecule has 1 rings (SSSR count). The molecule has 6 heteroatoms. The van der Waals surface area contributed by atoms with Crippen LogP contribution in [0.3, 0.4) is 0 Å². The van der Waals surface area contributed by atoms with Crippen LogP contribution in [0, 0.1) is 0 Å². The van der Waals surface area contributed by atoms with Crippen molar-refractivity contribution in [3.05, 3.63) is 34.9 Å². The molecule has 0 aliphatic heterocycles. The van der Waals surface area contributed by atoms with Gasteiger partial charge in [-0.2, -0.15) is 0 Å². The molecule has 22 heavy (non-hydrogen) atoms. The van der Waals surface area contributed by atoms with Gasteiger partial charge >= 0.3 is 11.8 Å². The van der Waals surface area contributed by atoms with Gasteiger partial charge in [-0.05, 0) is 44.4 Å². The fourth-order valence-corrected chi connectivity index (χ4v) is 1.85. The third kappa shape index (κ3) is 8.00. The lowest BCUT2D eigenvalue weighted by Gasteiger charge is -2.08. The van der Waals surface area contributed by atoms with Crippen molar-refractivity contribution >= 4 is 23.4 Å². The third-order valence-electron chi connectivity index (χ3n) is 2.88. The molecule has 0 spiro atoms. The molecule has 2 N–H and O–H groups in total. The summed E-state index contributed by atoms with van der Waals surface area (Å²) in [7, 11) is 0. The zero-order valence-corrected chi connectivity index (χ0v) is 13.8. The van der Waals surface area contributed by atoms with E-state index in [-0.39, 0.29) is 6.10 Å². The lowest BCUT2D eigenvalue weighted by molar-refractivity contribution is -0.139. The van der Waals surface area contributed by atoms with Crippen LogP contribution in [0.4, 0.5) is 0 Å². The first-order chi connectivity index (χ1) is 10.5. The normalized spacial score (nSPS) is 10.5. The Bertz CT molecular complexity index is 475. The Morgan fingerprint density at radius 1 is 1.09 bits per heavy atom. The van der Waals surface area contributed by atoms with E-state index >= 15 is 0 Å². The molecule has 1 aromatic carbocycles. The van der Waals surface area contributed by atoms with Gasteiger partial charge < -0.3 is 15.4 Å². The molecule has 5 nitrogen and oxygen atoms in total. The van der Waals surface area contributed by atoms with Gasteiger partial charge in [0.05, 0.1) is 6.10 Å². The van der Waals surface area contributed by atoms with Crippen molar-refractivity contribution < 1.29 is 14.3 Å². The number of ether oxygens (including phenoxy) is 1. The number of halogens is 1. The van der Waals surface area contributed by atoms with Gasteiger partial charge in [-0.3, -0.25) is 9.59 Å². The fourth-order valence-electron chi connectivity index (χ4n) is 1.73. The van der Waals surface area contributed by atoms with E-state index in [0.717, 1.165) is 5.56 Å². The fraction of sp³-hybridized carbons (Fsp3) is 0.500. The van der Waals surface area contributed by atoms with Gasteiger partial charge in [0.25, 0.3) is 0 Å². The van der Waals surface area contributed by atoms with Crippen LogP contribution in [0.15, 0.2) is 24.3 Å². The first-order valence-corrected chi connectivity index (χ1v) is 7.79. The summed E-state index contributed by atoms with van der Waals surface area (Å²) in [4.78, 5) is 23.1. The highest BCUT2D eigenvalue weighted by Gasteiger charge is 2.11. The third-order valence-corrected chi connectivity index (χ3v) is 3.13. The summed E-state index contributed by atoms with van der Waals surface area (Å²) in [6, 6.07) is 7.38. The van der Waals surface area contributed by atoms with E-state index in [0.29, 0.717) is 37.6 Å². The summed E-state index contributed by atoms with van der Waals surface area (Å²) in [5, 5.41) is 5.83. The predicted molar refractivity (Wildman–Crippen MR) is 86.9 cm³/mol. The second-order valence-corrected chi connectivity index (χ2v) is 5.60. The quantitative estimate of drug-likeness (QED) is 0.566. The topological polar surface area (TPSA) is 67.4 Å². The van der Waals surface area contributed by atoms with Crippen LogP contribution >= 0.6 is 11.6 Å². The lowest BCUT2D eigenvalue weighted by atomic mass is 10.1. The second-order valence-electron chi connectivity index (χ2n) is 5.16. The first-order valence-electron chi connectivity index (χ1n) is 7.41. The number of carbonyl (C=O) groups excluding carboxylic acids is 2. The van der Waals surface area contributed by atoms with Gasteiger partial charge in [0.1, 0.15) is 0 Å². The Hall–Kier alpha value is -1.59. The van der Waals surface area contributed by atoms with E-state index in [1.165, 1.54) is 0 Å². The van der Waals surface area contributed by atoms with Gasteiger partial charge in [0.15, 0.2) is 0 Å². The van der Waals surface area contributed by atoms with Crippen molar-refractivity contribution in [1.82, 2.24) is 10.6 Å². The Morgan fingerprint density at radius 2 is 1.68 bits per heavy atom. The van der Waals surface area contributed by atoms with Crippen LogP contribution < -0.4 is 10.6 Å². The van der Waals surface area contributed by atoms with Crippen LogP contribution in [0.2, 0.25) is 5.02 Å². The minimum atomic E-state index is -0.612. The van der Waals surface area contributed by atoms with E-state index in [1.807, 2.05) is 26.0 Å². The number of rotatable bonds is 8. The van der Waals surface area contributed by atoms with Crippen LogP contribution in [0.25, 0.3) is 0 Å². The van der Waals surface area contributed by atoms with Crippen molar-refractivity contribution in [2.75, 3.05) is 19.7 Å². The van der Waals surface area contributed by atoms with Crippen LogP contribution in [-0.4, -0.2) is 37.6 Å². The number of hydrogen-bond acceptors (Lipinski definition) is 3. The number of amides is 2. The van der Waals surface area contributed by atoms with Gasteiger partial charge in [-0.25, -0.2) is 0 Å². The number of benzene rings is 1. The molecule has 0 unspecified atom stereocenters. The van der Waals surface area contributed by atoms with Gasteiger partial charge in [-0.1, -0.05) is 23.7 Å². The number of hydrogen-bond donors (Lipinski definition) is 2. The zero-order chi connectivity index (χ0) is 16.4. The van der Waals surface area contributed by atoms with Gasteiger partial charge in [0, 0.05) is 24.7 Å². The Morgan fingerprint density at radius 3 is 2.27 bits per heavy atom. The second kappa shape index (κ2) is 10.2. The molecule has 1 aromatic rings. The summed E-state index contributed by atoms with van der Waals surface area (Å²) in [5.74, 6) is -1.22. The van der Waals surface area contributed by atoms with Crippen molar-refractivity contribution in [2.24, 2.45) is 0 Å². The summed E-state index contributed by atoms with van der Waals surface area (Å²) in [6.45, 7) is 5.30. The maximum Gasteiger partial charge on any atom is 0.309 e. The summed E-state index contributed by atoms with van der Waals surface area (Å²) < 4.78 is 5.35. The summed E-state index contributed by atoms with van der Waals surface area (Å²) >= 11 is 5.79. The van der Waals surface area contributed by atoms with Gasteiger partial charge in [0.2, 0.25) is 0 Å². The van der Waals surface area contributed by atoms with Crippen molar-refractivity contribution in [2.45, 2.75) is 32.8 Å². The molecule has 0 saturated carbocycles. The van der Waals surface area contributed by atoms with Gasteiger partial charge in [-0.15, -0.1) is 0 Å². The molecule has 0 atom stereocenters. The summed E-state index contributed by atoms with van der Waals surface area (Å²) in [5.41, 5.74) is 1.05. The molecule has 0 aliphatic carbocycles. The molecule has 0 aliphatic rings. The van der Waals surface area contributed by atoms with Crippen molar-refractivity contribution in [3.8, 4) is 0 Å². The predicted octanol–water partition coefficient (Wildman–Crippen LogP) is 1.93. The molecule has 122 valence electrons. The standard InChI is InChI=1S/C16H23ClN2O3/c1-12(2)22-11-3-9-18-15(20)16(21)19-10-8-13-4-6-14(17)7-5-13/h4-7,12H,3,8-11H2,1-2H3,(H,18,20)(H,19,21).